The van der Waals surface area contributed by atoms with E-state index in [0.717, 1.165) is 55.3 Å². The molecule has 2 aromatic carbocycles. The van der Waals surface area contributed by atoms with E-state index in [9.17, 15) is 19.2 Å². The van der Waals surface area contributed by atoms with E-state index in [0.29, 0.717) is 16.9 Å². The third-order valence-electron chi connectivity index (χ3n) is 8.54. The first kappa shape index (κ1) is 26.9. The topological polar surface area (TPSA) is 102 Å². The van der Waals surface area contributed by atoms with Gasteiger partial charge in [0.15, 0.2) is 0 Å². The van der Waals surface area contributed by atoms with E-state index in [2.05, 4.69) is 10.6 Å². The van der Waals surface area contributed by atoms with E-state index in [-0.39, 0.29) is 42.3 Å². The van der Waals surface area contributed by atoms with Crippen LogP contribution in [-0.2, 0) is 22.7 Å². The summed E-state index contributed by atoms with van der Waals surface area (Å²) in [5, 5.41) is 6.59. The fourth-order valence-electron chi connectivity index (χ4n) is 6.27. The summed E-state index contributed by atoms with van der Waals surface area (Å²) in [5.74, 6) is -0.0384. The van der Waals surface area contributed by atoms with Gasteiger partial charge in [0.2, 0.25) is 11.8 Å². The highest BCUT2D eigenvalue weighted by molar-refractivity contribution is 5.93. The lowest BCUT2D eigenvalue weighted by atomic mass is 9.81. The van der Waals surface area contributed by atoms with Gasteiger partial charge in [0, 0.05) is 24.2 Å². The largest absolute Gasteiger partial charge is 0.353 e. The number of para-hydroxylation sites is 2. The van der Waals surface area contributed by atoms with Gasteiger partial charge in [-0.25, -0.2) is 4.79 Å². The molecule has 8 heteroatoms. The van der Waals surface area contributed by atoms with Crippen LogP contribution >= 0.6 is 0 Å². The first-order valence-corrected chi connectivity index (χ1v) is 14.2. The molecule has 2 aliphatic rings. The number of hydrogen-bond donors (Lipinski definition) is 2. The van der Waals surface area contributed by atoms with Crippen molar-refractivity contribution in [2.75, 3.05) is 5.32 Å². The lowest BCUT2D eigenvalue weighted by Crippen LogP contribution is -2.44. The van der Waals surface area contributed by atoms with Crippen molar-refractivity contribution in [3.8, 4) is 0 Å². The number of carbonyl (C=O) groups excluding carboxylic acids is 2. The second-order valence-corrected chi connectivity index (χ2v) is 11.3. The van der Waals surface area contributed by atoms with Crippen LogP contribution in [0.2, 0.25) is 0 Å². The fourth-order valence-corrected chi connectivity index (χ4v) is 6.27. The molecule has 1 heterocycles. The van der Waals surface area contributed by atoms with Gasteiger partial charge >= 0.3 is 5.69 Å². The Balaban J connectivity index is 1.33. The summed E-state index contributed by atoms with van der Waals surface area (Å²) in [4.78, 5) is 52.9. The molecular weight excluding hydrogens is 492 g/mol. The van der Waals surface area contributed by atoms with Crippen molar-refractivity contribution in [1.82, 2.24) is 14.5 Å². The van der Waals surface area contributed by atoms with Gasteiger partial charge < -0.3 is 10.6 Å². The summed E-state index contributed by atoms with van der Waals surface area (Å²) in [7, 11) is 0. The van der Waals surface area contributed by atoms with Crippen LogP contribution in [0.15, 0.2) is 52.1 Å². The van der Waals surface area contributed by atoms with Gasteiger partial charge in [-0.15, -0.1) is 0 Å². The molecule has 0 unspecified atom stereocenters. The Kier molecular flexibility index (Phi) is 8.00. The minimum absolute atomic E-state index is 0.000397. The van der Waals surface area contributed by atoms with E-state index < -0.39 is 5.69 Å². The van der Waals surface area contributed by atoms with Crippen LogP contribution in [-0.4, -0.2) is 27.0 Å². The molecule has 5 rings (SSSR count). The van der Waals surface area contributed by atoms with Gasteiger partial charge in [0.1, 0.15) is 6.54 Å². The Morgan fingerprint density at radius 1 is 0.846 bits per heavy atom. The maximum absolute atomic E-state index is 13.6. The minimum atomic E-state index is -0.476. The van der Waals surface area contributed by atoms with Gasteiger partial charge in [-0.2, -0.15) is 0 Å². The molecule has 2 aliphatic carbocycles. The van der Waals surface area contributed by atoms with Crippen LogP contribution in [0.3, 0.4) is 0 Å². The van der Waals surface area contributed by atoms with E-state index in [1.807, 2.05) is 32.0 Å². The highest BCUT2D eigenvalue weighted by atomic mass is 16.2. The van der Waals surface area contributed by atoms with Crippen LogP contribution in [0.25, 0.3) is 10.9 Å². The lowest BCUT2D eigenvalue weighted by molar-refractivity contribution is -0.127. The number of anilines is 1. The van der Waals surface area contributed by atoms with E-state index >= 15 is 0 Å². The number of aromatic nitrogens is 2. The molecule has 0 saturated heterocycles. The lowest BCUT2D eigenvalue weighted by Gasteiger charge is -2.29. The zero-order valence-corrected chi connectivity index (χ0v) is 22.9. The van der Waals surface area contributed by atoms with Crippen molar-refractivity contribution in [2.24, 2.45) is 11.8 Å². The number of amides is 2. The summed E-state index contributed by atoms with van der Waals surface area (Å²) >= 11 is 0. The Morgan fingerprint density at radius 2 is 1.51 bits per heavy atom. The predicted molar refractivity (Wildman–Crippen MR) is 153 cm³/mol. The number of hydrogen-bond acceptors (Lipinski definition) is 4. The molecule has 0 bridgehead atoms. The van der Waals surface area contributed by atoms with Gasteiger partial charge in [-0.3, -0.25) is 23.5 Å². The van der Waals surface area contributed by atoms with E-state index in [1.165, 1.54) is 22.0 Å². The Hall–Kier alpha value is -3.68. The predicted octanol–water partition coefficient (Wildman–Crippen LogP) is 4.28. The summed E-state index contributed by atoms with van der Waals surface area (Å²) in [6.07, 6.45) is 7.60. The number of aryl methyl sites for hydroxylation is 2. The average Bonchev–Trinajstić information content (AvgIpc) is 3.44. The number of nitrogens with one attached hydrogen (secondary N) is 2. The fraction of sp³-hybridized carbons (Fsp3) is 0.484. The maximum atomic E-state index is 13.6. The van der Waals surface area contributed by atoms with Crippen molar-refractivity contribution in [3.63, 3.8) is 0 Å². The van der Waals surface area contributed by atoms with Gasteiger partial charge in [0.25, 0.3) is 5.56 Å². The zero-order chi connectivity index (χ0) is 27.5. The van der Waals surface area contributed by atoms with Gasteiger partial charge in [-0.1, -0.05) is 43.2 Å². The molecule has 8 nitrogen and oxygen atoms in total. The third kappa shape index (κ3) is 5.84. The molecular formula is C31H38N4O4. The minimum Gasteiger partial charge on any atom is -0.353 e. The second-order valence-electron chi connectivity index (χ2n) is 11.3. The van der Waals surface area contributed by atoms with Gasteiger partial charge in [-0.05, 0) is 81.5 Å². The zero-order valence-electron chi connectivity index (χ0n) is 22.9. The van der Waals surface area contributed by atoms with Crippen molar-refractivity contribution < 1.29 is 9.59 Å². The Labute approximate surface area is 228 Å². The number of carbonyl (C=O) groups is 2. The summed E-state index contributed by atoms with van der Waals surface area (Å²) in [6, 6.07) is 13.1. The first-order valence-electron chi connectivity index (χ1n) is 14.2. The second kappa shape index (κ2) is 11.6. The molecule has 2 N–H and O–H groups in total. The molecule has 0 spiro atoms. The summed E-state index contributed by atoms with van der Waals surface area (Å²) in [5.41, 5.74) is 2.27. The standard InChI is InChI=1S/C31H38N4O4/c1-20-8-7-9-21(2)28(20)33-27(36)19-34-26-13-6-5-12-25(26)30(38)35(31(34)39)18-22-14-16-23(17-15-22)29(37)32-24-10-3-4-11-24/h5-9,12-13,22-24H,3-4,10-11,14-19H2,1-2H3,(H,32,37)(H,33,36). The molecule has 2 fully saturated rings. The van der Waals surface area contributed by atoms with Crippen molar-refractivity contribution in [3.05, 3.63) is 74.4 Å². The average molecular weight is 531 g/mol. The summed E-state index contributed by atoms with van der Waals surface area (Å²) < 4.78 is 2.69. The van der Waals surface area contributed by atoms with Crippen LogP contribution in [0.1, 0.15) is 62.5 Å². The summed E-state index contributed by atoms with van der Waals surface area (Å²) in [6.45, 7) is 3.95. The smallest absolute Gasteiger partial charge is 0.331 e. The molecule has 2 amide bonds. The third-order valence-corrected chi connectivity index (χ3v) is 8.54. The Bertz CT molecular complexity index is 1470. The highest BCUT2D eigenvalue weighted by Crippen LogP contribution is 2.30. The Morgan fingerprint density at radius 3 is 2.21 bits per heavy atom. The molecule has 0 aliphatic heterocycles. The molecule has 206 valence electrons. The number of rotatable bonds is 7. The van der Waals surface area contributed by atoms with Crippen molar-refractivity contribution in [2.45, 2.75) is 84.3 Å². The number of fused-ring (bicyclic) bond motifs is 1. The molecule has 3 aromatic rings. The van der Waals surface area contributed by atoms with Gasteiger partial charge in [0.05, 0.1) is 10.9 Å². The molecule has 0 radical (unpaired) electrons. The van der Waals surface area contributed by atoms with Crippen LogP contribution in [0, 0.1) is 25.7 Å². The van der Waals surface area contributed by atoms with Crippen LogP contribution < -0.4 is 21.9 Å². The highest BCUT2D eigenvalue weighted by Gasteiger charge is 2.29. The SMILES string of the molecule is Cc1cccc(C)c1NC(=O)Cn1c(=O)n(CC2CCC(C(=O)NC3CCCC3)CC2)c(=O)c2ccccc21. The quantitative estimate of drug-likeness (QED) is 0.476. The molecule has 2 saturated carbocycles. The number of nitrogens with zero attached hydrogens (tertiary/aromatic N) is 2. The number of benzene rings is 2. The van der Waals surface area contributed by atoms with E-state index in [4.69, 9.17) is 0 Å². The molecule has 39 heavy (non-hydrogen) atoms. The molecule has 1 aromatic heterocycles. The molecule has 0 atom stereocenters. The maximum Gasteiger partial charge on any atom is 0.331 e. The monoisotopic (exact) mass is 530 g/mol. The van der Waals surface area contributed by atoms with Crippen LogP contribution in [0.4, 0.5) is 5.69 Å². The first-order chi connectivity index (χ1) is 18.8. The normalized spacial score (nSPS) is 19.7. The van der Waals surface area contributed by atoms with Crippen molar-refractivity contribution >= 4 is 28.4 Å². The van der Waals surface area contributed by atoms with Crippen LogP contribution in [0.5, 0.6) is 0 Å². The van der Waals surface area contributed by atoms with E-state index in [1.54, 1.807) is 24.3 Å². The van der Waals surface area contributed by atoms with Crippen molar-refractivity contribution in [1.29, 1.82) is 0 Å².